The molecule has 1 aliphatic heterocycles. The second-order valence-corrected chi connectivity index (χ2v) is 8.25. The van der Waals surface area contributed by atoms with Gasteiger partial charge in [0.05, 0.1) is 29.4 Å². The first-order chi connectivity index (χ1) is 14.9. The number of rotatable bonds is 8. The summed E-state index contributed by atoms with van der Waals surface area (Å²) in [7, 11) is -4.16. The molecule has 0 fully saturated rings. The van der Waals surface area contributed by atoms with Gasteiger partial charge in [-0.05, 0) is 50.2 Å². The minimum Gasteiger partial charge on any atom is -0.486 e. The molecule has 3 rings (SSSR count). The van der Waals surface area contributed by atoms with Crippen LogP contribution in [-0.2, 0) is 24.3 Å². The van der Waals surface area contributed by atoms with E-state index in [1.165, 1.54) is 42.5 Å². The van der Waals surface area contributed by atoms with Crippen molar-refractivity contribution in [1.29, 1.82) is 0 Å². The summed E-state index contributed by atoms with van der Waals surface area (Å²) in [6.45, 7) is 3.79. The van der Waals surface area contributed by atoms with Crippen molar-refractivity contribution in [2.45, 2.75) is 18.7 Å². The molecular weight excluding hydrogens is 426 g/mol. The molecule has 0 atom stereocenters. The molecule has 2 aromatic carbocycles. The van der Waals surface area contributed by atoms with Gasteiger partial charge in [-0.3, -0.25) is 9.10 Å². The highest BCUT2D eigenvalue weighted by atomic mass is 32.2. The Kier molecular flexibility index (Phi) is 7.01. The van der Waals surface area contributed by atoms with Crippen LogP contribution in [0.5, 0.6) is 11.5 Å². The summed E-state index contributed by atoms with van der Waals surface area (Å²) in [5, 5.41) is 0. The predicted molar refractivity (Wildman–Crippen MR) is 111 cm³/mol. The molecule has 10 heteroatoms. The molecule has 0 amide bonds. The minimum absolute atomic E-state index is 0.0736. The summed E-state index contributed by atoms with van der Waals surface area (Å²) in [5.74, 6) is -0.485. The van der Waals surface area contributed by atoms with Crippen molar-refractivity contribution in [3.8, 4) is 11.5 Å². The molecule has 0 saturated heterocycles. The van der Waals surface area contributed by atoms with Crippen LogP contribution >= 0.6 is 0 Å². The number of ether oxygens (including phenoxy) is 4. The van der Waals surface area contributed by atoms with Crippen LogP contribution in [0.4, 0.5) is 5.69 Å². The number of fused-ring (bicyclic) bond motifs is 1. The predicted octanol–water partition coefficient (Wildman–Crippen LogP) is 2.39. The Morgan fingerprint density at radius 2 is 1.58 bits per heavy atom. The van der Waals surface area contributed by atoms with Gasteiger partial charge in [0.2, 0.25) is 0 Å². The lowest BCUT2D eigenvalue weighted by Crippen LogP contribution is -2.36. The van der Waals surface area contributed by atoms with Gasteiger partial charge in [0, 0.05) is 6.07 Å². The van der Waals surface area contributed by atoms with Crippen LogP contribution < -0.4 is 13.8 Å². The van der Waals surface area contributed by atoms with Crippen LogP contribution in [-0.4, -0.2) is 53.3 Å². The standard InChI is InChI=1S/C21H23NO8S/c1-3-27-20(23)14-22(16-7-5-15(6-8-16)21(24)28-4-2)31(25,26)17-9-10-18-19(13-17)30-12-11-29-18/h5-10,13H,3-4,11-12,14H2,1-2H3. The van der Waals surface area contributed by atoms with Crippen molar-refractivity contribution in [2.24, 2.45) is 0 Å². The van der Waals surface area contributed by atoms with E-state index in [9.17, 15) is 18.0 Å². The third-order valence-electron chi connectivity index (χ3n) is 4.35. The van der Waals surface area contributed by atoms with Crippen molar-refractivity contribution in [1.82, 2.24) is 0 Å². The highest BCUT2D eigenvalue weighted by Gasteiger charge is 2.29. The maximum atomic E-state index is 13.4. The molecule has 1 heterocycles. The van der Waals surface area contributed by atoms with Crippen LogP contribution in [0.25, 0.3) is 0 Å². The van der Waals surface area contributed by atoms with Gasteiger partial charge < -0.3 is 18.9 Å². The Labute approximate surface area is 180 Å². The van der Waals surface area contributed by atoms with E-state index in [2.05, 4.69) is 0 Å². The van der Waals surface area contributed by atoms with Gasteiger partial charge in [-0.15, -0.1) is 0 Å². The van der Waals surface area contributed by atoms with Crippen molar-refractivity contribution in [3.05, 3.63) is 48.0 Å². The largest absolute Gasteiger partial charge is 0.486 e. The first kappa shape index (κ1) is 22.4. The fourth-order valence-corrected chi connectivity index (χ4v) is 4.35. The number of carbonyl (C=O) groups is 2. The van der Waals surface area contributed by atoms with Crippen LogP contribution in [0.15, 0.2) is 47.4 Å². The third-order valence-corrected chi connectivity index (χ3v) is 6.12. The van der Waals surface area contributed by atoms with E-state index in [-0.39, 0.29) is 29.4 Å². The van der Waals surface area contributed by atoms with Crippen molar-refractivity contribution in [3.63, 3.8) is 0 Å². The fourth-order valence-electron chi connectivity index (χ4n) is 2.93. The molecule has 0 bridgehead atoms. The fraction of sp³-hybridized carbons (Fsp3) is 0.333. The molecule has 166 valence electrons. The summed E-state index contributed by atoms with van der Waals surface area (Å²) < 4.78 is 48.5. The molecule has 0 unspecified atom stereocenters. The molecule has 0 aromatic heterocycles. The SMILES string of the molecule is CCOC(=O)CN(c1ccc(C(=O)OCC)cc1)S(=O)(=O)c1ccc2c(c1)OCCO2. The molecule has 0 N–H and O–H groups in total. The van der Waals surface area contributed by atoms with Crippen LogP contribution in [0.1, 0.15) is 24.2 Å². The maximum Gasteiger partial charge on any atom is 0.338 e. The number of hydrogen-bond donors (Lipinski definition) is 0. The van der Waals surface area contributed by atoms with Crippen LogP contribution in [0.2, 0.25) is 0 Å². The summed E-state index contributed by atoms with van der Waals surface area (Å²) in [6, 6.07) is 9.98. The molecular formula is C21H23NO8S. The van der Waals surface area contributed by atoms with Gasteiger partial charge in [0.25, 0.3) is 10.0 Å². The Hall–Kier alpha value is -3.27. The summed E-state index contributed by atoms with van der Waals surface area (Å²) in [6.07, 6.45) is 0. The van der Waals surface area contributed by atoms with Crippen molar-refractivity contribution >= 4 is 27.6 Å². The van der Waals surface area contributed by atoms with Gasteiger partial charge in [-0.2, -0.15) is 0 Å². The van der Waals surface area contributed by atoms with Crippen molar-refractivity contribution < 1.29 is 37.0 Å². The topological polar surface area (TPSA) is 108 Å². The number of nitrogens with zero attached hydrogens (tertiary/aromatic N) is 1. The van der Waals surface area contributed by atoms with Crippen molar-refractivity contribution in [2.75, 3.05) is 37.3 Å². The Bertz CT molecular complexity index is 1050. The van der Waals surface area contributed by atoms with E-state index in [1.54, 1.807) is 13.8 Å². The van der Waals surface area contributed by atoms with Crippen LogP contribution in [0.3, 0.4) is 0 Å². The second kappa shape index (κ2) is 9.69. The quantitative estimate of drug-likeness (QED) is 0.565. The summed E-state index contributed by atoms with van der Waals surface area (Å²) in [4.78, 5) is 24.0. The smallest absolute Gasteiger partial charge is 0.338 e. The molecule has 0 saturated carbocycles. The Morgan fingerprint density at radius 1 is 0.935 bits per heavy atom. The average Bonchev–Trinajstić information content (AvgIpc) is 2.77. The number of hydrogen-bond acceptors (Lipinski definition) is 8. The van der Waals surface area contributed by atoms with E-state index in [0.717, 1.165) is 4.31 Å². The highest BCUT2D eigenvalue weighted by Crippen LogP contribution is 2.34. The zero-order valence-electron chi connectivity index (χ0n) is 17.2. The number of carbonyl (C=O) groups excluding carboxylic acids is 2. The molecule has 31 heavy (non-hydrogen) atoms. The minimum atomic E-state index is -4.16. The molecule has 1 aliphatic rings. The molecule has 9 nitrogen and oxygen atoms in total. The van der Waals surface area contributed by atoms with Gasteiger partial charge in [0.1, 0.15) is 19.8 Å². The average molecular weight is 449 g/mol. The van der Waals surface area contributed by atoms with Gasteiger partial charge in [-0.25, -0.2) is 13.2 Å². The van der Waals surface area contributed by atoms with E-state index in [4.69, 9.17) is 18.9 Å². The lowest BCUT2D eigenvalue weighted by atomic mass is 10.2. The van der Waals surface area contributed by atoms with E-state index in [1.807, 2.05) is 0 Å². The molecule has 0 aliphatic carbocycles. The second-order valence-electron chi connectivity index (χ2n) is 6.39. The number of esters is 2. The number of anilines is 1. The Balaban J connectivity index is 1.98. The zero-order valence-corrected chi connectivity index (χ0v) is 18.0. The highest BCUT2D eigenvalue weighted by molar-refractivity contribution is 7.92. The first-order valence-electron chi connectivity index (χ1n) is 9.72. The lowest BCUT2D eigenvalue weighted by molar-refractivity contribution is -0.141. The first-order valence-corrected chi connectivity index (χ1v) is 11.2. The summed E-state index contributed by atoms with van der Waals surface area (Å²) >= 11 is 0. The third kappa shape index (κ3) is 5.08. The zero-order chi connectivity index (χ0) is 22.4. The summed E-state index contributed by atoms with van der Waals surface area (Å²) in [5.41, 5.74) is 0.453. The van der Waals surface area contributed by atoms with E-state index >= 15 is 0 Å². The molecule has 0 radical (unpaired) electrons. The lowest BCUT2D eigenvalue weighted by Gasteiger charge is -2.25. The molecule has 2 aromatic rings. The van der Waals surface area contributed by atoms with Gasteiger partial charge in [-0.1, -0.05) is 0 Å². The van der Waals surface area contributed by atoms with Crippen LogP contribution in [0, 0.1) is 0 Å². The normalized spacial score (nSPS) is 12.7. The van der Waals surface area contributed by atoms with E-state index < -0.39 is 28.5 Å². The van der Waals surface area contributed by atoms with Gasteiger partial charge in [0.15, 0.2) is 11.5 Å². The maximum absolute atomic E-state index is 13.4. The van der Waals surface area contributed by atoms with E-state index in [0.29, 0.717) is 24.7 Å². The number of sulfonamides is 1. The monoisotopic (exact) mass is 449 g/mol. The van der Waals surface area contributed by atoms with Gasteiger partial charge >= 0.3 is 11.9 Å². The number of benzene rings is 2. The molecule has 0 spiro atoms. The Morgan fingerprint density at radius 3 is 2.23 bits per heavy atom.